The topological polar surface area (TPSA) is 50.5 Å². The summed E-state index contributed by atoms with van der Waals surface area (Å²) in [5, 5.41) is 4.11. The van der Waals surface area contributed by atoms with Crippen molar-refractivity contribution in [3.05, 3.63) is 120 Å². The van der Waals surface area contributed by atoms with Gasteiger partial charge in [-0.25, -0.2) is 18.3 Å². The summed E-state index contributed by atoms with van der Waals surface area (Å²) in [4.78, 5) is 20.0. The van der Waals surface area contributed by atoms with Gasteiger partial charge in [0.15, 0.2) is 5.65 Å². The van der Waals surface area contributed by atoms with E-state index in [4.69, 9.17) is 0 Å². The third kappa shape index (κ3) is 4.15. The van der Waals surface area contributed by atoms with Crippen molar-refractivity contribution in [1.29, 1.82) is 0 Å². The van der Waals surface area contributed by atoms with Crippen molar-refractivity contribution in [1.82, 2.24) is 14.6 Å². The largest absolute Gasteiger partial charge is 0.304 e. The van der Waals surface area contributed by atoms with Crippen LogP contribution in [0.4, 0.5) is 14.5 Å². The van der Waals surface area contributed by atoms with E-state index in [1.54, 1.807) is 17.0 Å². The third-order valence-electron chi connectivity index (χ3n) is 5.52. The number of halogens is 2. The van der Waals surface area contributed by atoms with E-state index in [1.807, 2.05) is 78.9 Å². The van der Waals surface area contributed by atoms with E-state index in [9.17, 15) is 13.6 Å². The van der Waals surface area contributed by atoms with Crippen LogP contribution in [0.2, 0.25) is 0 Å². The average Bonchev–Trinajstić information content (AvgIpc) is 3.32. The number of carbonyl (C=O) groups is 1. The maximum Gasteiger partial charge on any atom is 0.280 e. The van der Waals surface area contributed by atoms with E-state index in [2.05, 4.69) is 10.1 Å². The molecular formula is C27H20F2N4O. The van der Waals surface area contributed by atoms with E-state index in [0.29, 0.717) is 23.5 Å². The molecular weight excluding hydrogens is 434 g/mol. The van der Waals surface area contributed by atoms with Crippen LogP contribution >= 0.6 is 0 Å². The first kappa shape index (κ1) is 21.5. The van der Waals surface area contributed by atoms with Crippen LogP contribution in [-0.2, 0) is 6.54 Å². The first-order chi connectivity index (χ1) is 16.6. The van der Waals surface area contributed by atoms with E-state index < -0.39 is 6.43 Å². The summed E-state index contributed by atoms with van der Waals surface area (Å²) in [5.41, 5.74) is 2.57. The van der Waals surface area contributed by atoms with Gasteiger partial charge in [-0.3, -0.25) is 4.79 Å². The smallest absolute Gasteiger partial charge is 0.280 e. The van der Waals surface area contributed by atoms with Gasteiger partial charge in [-0.1, -0.05) is 78.9 Å². The SMILES string of the molecule is O=C(c1cnn2c(C(F)F)cc(-c3ccccc3)nc12)N(Cc1ccccc1)c1ccccc1. The summed E-state index contributed by atoms with van der Waals surface area (Å²) in [7, 11) is 0. The molecule has 34 heavy (non-hydrogen) atoms. The Morgan fingerprint density at radius 1 is 0.882 bits per heavy atom. The zero-order valence-electron chi connectivity index (χ0n) is 18.1. The normalized spacial score (nSPS) is 11.1. The molecule has 1 amide bonds. The van der Waals surface area contributed by atoms with Gasteiger partial charge in [0.05, 0.1) is 18.4 Å². The number of alkyl halides is 2. The number of hydrogen-bond donors (Lipinski definition) is 0. The summed E-state index contributed by atoms with van der Waals surface area (Å²) >= 11 is 0. The lowest BCUT2D eigenvalue weighted by Crippen LogP contribution is -2.30. The molecule has 0 spiro atoms. The lowest BCUT2D eigenvalue weighted by Gasteiger charge is -2.22. The molecule has 0 saturated carbocycles. The standard InChI is InChI=1S/C27H20F2N4O/c28-25(29)24-16-23(20-12-6-2-7-13-20)31-26-22(17-30-33(24)26)27(34)32(21-14-8-3-9-15-21)18-19-10-4-1-5-11-19/h1-17,25H,18H2. The van der Waals surface area contributed by atoms with Crippen LogP contribution in [0.15, 0.2) is 103 Å². The minimum atomic E-state index is -2.79. The van der Waals surface area contributed by atoms with E-state index in [0.717, 1.165) is 10.1 Å². The average molecular weight is 454 g/mol. The molecule has 0 N–H and O–H groups in total. The lowest BCUT2D eigenvalue weighted by molar-refractivity contribution is 0.0986. The monoisotopic (exact) mass is 454 g/mol. The molecule has 5 rings (SSSR count). The molecule has 0 aliphatic carbocycles. The Bertz CT molecular complexity index is 1420. The van der Waals surface area contributed by atoms with Gasteiger partial charge in [0.25, 0.3) is 12.3 Å². The van der Waals surface area contributed by atoms with E-state index in [1.165, 1.54) is 12.3 Å². The van der Waals surface area contributed by atoms with Gasteiger partial charge in [-0.05, 0) is 23.8 Å². The van der Waals surface area contributed by atoms with Crippen LogP contribution in [0.1, 0.15) is 28.0 Å². The number of rotatable bonds is 6. The first-order valence-electron chi connectivity index (χ1n) is 10.7. The maximum atomic E-state index is 13.9. The molecule has 0 unspecified atom stereocenters. The number of benzene rings is 3. The zero-order valence-corrected chi connectivity index (χ0v) is 18.1. The highest BCUT2D eigenvalue weighted by molar-refractivity contribution is 6.09. The van der Waals surface area contributed by atoms with Crippen molar-refractivity contribution in [3.8, 4) is 11.3 Å². The van der Waals surface area contributed by atoms with Gasteiger partial charge in [0, 0.05) is 11.3 Å². The molecule has 168 valence electrons. The van der Waals surface area contributed by atoms with Crippen LogP contribution in [0.25, 0.3) is 16.9 Å². The van der Waals surface area contributed by atoms with Crippen LogP contribution in [-0.4, -0.2) is 20.5 Å². The third-order valence-corrected chi connectivity index (χ3v) is 5.52. The fourth-order valence-corrected chi connectivity index (χ4v) is 3.85. The van der Waals surface area contributed by atoms with Crippen molar-refractivity contribution >= 4 is 17.2 Å². The number of anilines is 1. The Hall–Kier alpha value is -4.39. The molecule has 0 radical (unpaired) electrons. The Morgan fingerprint density at radius 2 is 1.50 bits per heavy atom. The molecule has 7 heteroatoms. The summed E-state index contributed by atoms with van der Waals surface area (Å²) in [6, 6.07) is 29.1. The summed E-state index contributed by atoms with van der Waals surface area (Å²) in [5.74, 6) is -0.372. The van der Waals surface area contributed by atoms with Crippen molar-refractivity contribution in [2.45, 2.75) is 13.0 Å². The Balaban J connectivity index is 1.64. The number of nitrogens with zero attached hydrogens (tertiary/aromatic N) is 4. The lowest BCUT2D eigenvalue weighted by atomic mass is 10.1. The van der Waals surface area contributed by atoms with E-state index in [-0.39, 0.29) is 22.8 Å². The minimum absolute atomic E-state index is 0.0932. The molecule has 0 aliphatic heterocycles. The molecule has 2 aromatic heterocycles. The molecule has 0 atom stereocenters. The van der Waals surface area contributed by atoms with Gasteiger partial charge in [-0.2, -0.15) is 5.10 Å². The minimum Gasteiger partial charge on any atom is -0.304 e. The zero-order chi connectivity index (χ0) is 23.5. The van der Waals surface area contributed by atoms with Gasteiger partial charge >= 0.3 is 0 Å². The van der Waals surface area contributed by atoms with Gasteiger partial charge in [0.1, 0.15) is 11.3 Å². The molecule has 0 aliphatic rings. The number of para-hydroxylation sites is 1. The van der Waals surface area contributed by atoms with Crippen molar-refractivity contribution in [2.24, 2.45) is 0 Å². The number of hydrogen-bond acceptors (Lipinski definition) is 3. The fraction of sp³-hybridized carbons (Fsp3) is 0.0741. The Kier molecular flexibility index (Phi) is 5.82. The summed E-state index contributed by atoms with van der Waals surface area (Å²) < 4.78 is 28.9. The van der Waals surface area contributed by atoms with Crippen molar-refractivity contribution < 1.29 is 13.6 Å². The predicted octanol–water partition coefficient (Wildman–Crippen LogP) is 6.18. The number of fused-ring (bicyclic) bond motifs is 1. The highest BCUT2D eigenvalue weighted by Gasteiger charge is 2.25. The summed E-state index contributed by atoms with van der Waals surface area (Å²) in [6.45, 7) is 0.307. The van der Waals surface area contributed by atoms with Gasteiger partial charge < -0.3 is 4.90 Å². The van der Waals surface area contributed by atoms with Crippen molar-refractivity contribution in [2.75, 3.05) is 4.90 Å². The Labute approximate surface area is 194 Å². The maximum absolute atomic E-state index is 13.9. The van der Waals surface area contributed by atoms with Crippen molar-refractivity contribution in [3.63, 3.8) is 0 Å². The molecule has 3 aromatic carbocycles. The Morgan fingerprint density at radius 3 is 2.15 bits per heavy atom. The van der Waals surface area contributed by atoms with Gasteiger partial charge in [0.2, 0.25) is 0 Å². The second-order valence-electron chi connectivity index (χ2n) is 7.74. The highest BCUT2D eigenvalue weighted by Crippen LogP contribution is 2.28. The molecule has 5 aromatic rings. The number of amides is 1. The predicted molar refractivity (Wildman–Crippen MR) is 127 cm³/mol. The summed E-state index contributed by atoms with van der Waals surface area (Å²) in [6.07, 6.45) is -1.47. The molecule has 0 fully saturated rings. The van der Waals surface area contributed by atoms with E-state index >= 15 is 0 Å². The number of carbonyl (C=O) groups excluding carboxylic acids is 1. The second kappa shape index (κ2) is 9.23. The molecule has 2 heterocycles. The quantitative estimate of drug-likeness (QED) is 0.308. The molecule has 0 saturated heterocycles. The molecule has 5 nitrogen and oxygen atoms in total. The highest BCUT2D eigenvalue weighted by atomic mass is 19.3. The second-order valence-corrected chi connectivity index (χ2v) is 7.74. The van der Waals surface area contributed by atoms with Crippen LogP contribution < -0.4 is 4.90 Å². The van der Waals surface area contributed by atoms with Crippen LogP contribution in [0, 0.1) is 0 Å². The van der Waals surface area contributed by atoms with Crippen LogP contribution in [0.3, 0.4) is 0 Å². The molecule has 0 bridgehead atoms. The van der Waals surface area contributed by atoms with Crippen LogP contribution in [0.5, 0.6) is 0 Å². The van der Waals surface area contributed by atoms with Gasteiger partial charge in [-0.15, -0.1) is 0 Å². The number of aromatic nitrogens is 3. The first-order valence-corrected chi connectivity index (χ1v) is 10.7. The fourth-order valence-electron chi connectivity index (χ4n) is 3.85.